The second kappa shape index (κ2) is 9.15. The van der Waals surface area contributed by atoms with Gasteiger partial charge in [0, 0.05) is 18.5 Å². The Morgan fingerprint density at radius 2 is 1.75 bits per heavy atom. The highest BCUT2D eigenvalue weighted by Gasteiger charge is 2.22. The third kappa shape index (κ3) is 5.41. The van der Waals surface area contributed by atoms with Gasteiger partial charge in [-0.25, -0.2) is 13.2 Å². The highest BCUT2D eigenvalue weighted by atomic mass is 32.2. The fraction of sp³-hybridized carbons (Fsp3) is 0.250. The maximum absolute atomic E-state index is 12.6. The van der Waals surface area contributed by atoms with Gasteiger partial charge in [0.2, 0.25) is 0 Å². The van der Waals surface area contributed by atoms with Gasteiger partial charge in [-0.15, -0.1) is 0 Å². The summed E-state index contributed by atoms with van der Waals surface area (Å²) in [6, 6.07) is 14.8. The molecule has 0 aliphatic carbocycles. The average Bonchev–Trinajstić information content (AvgIpc) is 2.67. The zero-order valence-electron chi connectivity index (χ0n) is 15.6. The molecule has 0 unspecified atom stereocenters. The van der Waals surface area contributed by atoms with Crippen molar-refractivity contribution in [1.29, 1.82) is 5.26 Å². The number of hydrogen-bond acceptors (Lipinski definition) is 6. The van der Waals surface area contributed by atoms with Crippen LogP contribution in [-0.2, 0) is 19.4 Å². The van der Waals surface area contributed by atoms with E-state index in [1.807, 2.05) is 25.1 Å². The second-order valence-electron chi connectivity index (χ2n) is 6.13. The van der Waals surface area contributed by atoms with Crippen molar-refractivity contribution in [3.05, 3.63) is 59.7 Å². The zero-order valence-corrected chi connectivity index (χ0v) is 16.4. The molecular weight excluding hydrogens is 380 g/mol. The first-order chi connectivity index (χ1) is 13.2. The summed E-state index contributed by atoms with van der Waals surface area (Å²) in [4.78, 5) is 26.1. The van der Waals surface area contributed by atoms with Crippen LogP contribution in [0.3, 0.4) is 0 Å². The van der Waals surface area contributed by atoms with Gasteiger partial charge in [-0.1, -0.05) is 29.8 Å². The van der Waals surface area contributed by atoms with Crippen LogP contribution in [0.2, 0.25) is 0 Å². The van der Waals surface area contributed by atoms with Gasteiger partial charge in [-0.05, 0) is 31.2 Å². The molecule has 0 saturated carbocycles. The molecule has 2 aromatic rings. The van der Waals surface area contributed by atoms with Crippen LogP contribution in [0.4, 0.5) is 5.69 Å². The number of ether oxygens (including phenoxy) is 1. The number of nitrogens with zero attached hydrogens (tertiary/aromatic N) is 2. The topological polar surface area (TPSA) is 105 Å². The van der Waals surface area contributed by atoms with Gasteiger partial charge >= 0.3 is 5.97 Å². The number of anilines is 1. The quantitative estimate of drug-likeness (QED) is 0.662. The Kier molecular flexibility index (Phi) is 6.90. The van der Waals surface area contributed by atoms with Gasteiger partial charge in [0.1, 0.15) is 0 Å². The predicted molar refractivity (Wildman–Crippen MR) is 104 cm³/mol. The molecule has 146 valence electrons. The van der Waals surface area contributed by atoms with Crippen molar-refractivity contribution in [2.75, 3.05) is 24.3 Å². The SMILES string of the molecule is Cc1ccc(N(CCC#N)C(=O)COC(=O)c2ccccc2S(C)(=O)=O)cc1. The molecule has 7 nitrogen and oxygen atoms in total. The predicted octanol–water partition coefficient (Wildman–Crippen LogP) is 2.50. The molecule has 0 heterocycles. The fourth-order valence-electron chi connectivity index (χ4n) is 2.53. The third-order valence-electron chi connectivity index (χ3n) is 3.93. The molecule has 8 heteroatoms. The van der Waals surface area contributed by atoms with Gasteiger partial charge < -0.3 is 9.64 Å². The van der Waals surface area contributed by atoms with E-state index in [1.54, 1.807) is 12.1 Å². The van der Waals surface area contributed by atoms with Crippen molar-refractivity contribution in [3.8, 4) is 6.07 Å². The minimum atomic E-state index is -3.62. The lowest BCUT2D eigenvalue weighted by Crippen LogP contribution is -2.35. The average molecular weight is 400 g/mol. The van der Waals surface area contributed by atoms with Crippen molar-refractivity contribution in [3.63, 3.8) is 0 Å². The van der Waals surface area contributed by atoms with Crippen LogP contribution in [-0.4, -0.2) is 39.7 Å². The van der Waals surface area contributed by atoms with E-state index in [1.165, 1.54) is 29.2 Å². The first-order valence-electron chi connectivity index (χ1n) is 8.44. The number of esters is 1. The number of rotatable bonds is 7. The van der Waals surface area contributed by atoms with Crippen molar-refractivity contribution >= 4 is 27.4 Å². The summed E-state index contributed by atoms with van der Waals surface area (Å²) in [6.07, 6.45) is 1.11. The van der Waals surface area contributed by atoms with Gasteiger partial charge in [0.05, 0.1) is 22.9 Å². The summed E-state index contributed by atoms with van der Waals surface area (Å²) in [5.74, 6) is -1.41. The van der Waals surface area contributed by atoms with Crippen LogP contribution in [0.15, 0.2) is 53.4 Å². The summed E-state index contributed by atoms with van der Waals surface area (Å²) in [5.41, 5.74) is 1.47. The number of hydrogen-bond donors (Lipinski definition) is 0. The Labute approximate surface area is 164 Å². The van der Waals surface area contributed by atoms with Gasteiger partial charge in [0.15, 0.2) is 16.4 Å². The Hall–Kier alpha value is -3.18. The van der Waals surface area contributed by atoms with Crippen LogP contribution in [0.5, 0.6) is 0 Å². The molecule has 0 aliphatic heterocycles. The summed E-state index contributed by atoms with van der Waals surface area (Å²) >= 11 is 0. The Bertz CT molecular complexity index is 1010. The summed E-state index contributed by atoms with van der Waals surface area (Å²) in [5, 5.41) is 8.83. The minimum absolute atomic E-state index is 0.116. The lowest BCUT2D eigenvalue weighted by molar-refractivity contribution is -0.121. The third-order valence-corrected chi connectivity index (χ3v) is 5.08. The number of benzene rings is 2. The maximum Gasteiger partial charge on any atom is 0.339 e. The van der Waals surface area contributed by atoms with E-state index in [-0.39, 0.29) is 23.4 Å². The first-order valence-corrected chi connectivity index (χ1v) is 10.3. The van der Waals surface area contributed by atoms with E-state index in [2.05, 4.69) is 0 Å². The van der Waals surface area contributed by atoms with Crippen molar-refractivity contribution in [1.82, 2.24) is 0 Å². The molecule has 0 fully saturated rings. The molecule has 0 radical (unpaired) electrons. The molecule has 0 atom stereocenters. The van der Waals surface area contributed by atoms with Crippen LogP contribution in [0, 0.1) is 18.3 Å². The van der Waals surface area contributed by atoms with E-state index < -0.39 is 28.3 Å². The molecule has 0 spiro atoms. The number of carbonyl (C=O) groups is 2. The normalized spacial score (nSPS) is 10.8. The monoisotopic (exact) mass is 400 g/mol. The fourth-order valence-corrected chi connectivity index (χ4v) is 3.40. The highest BCUT2D eigenvalue weighted by Crippen LogP contribution is 2.18. The number of amides is 1. The molecule has 0 N–H and O–H groups in total. The maximum atomic E-state index is 12.6. The van der Waals surface area contributed by atoms with Crippen molar-refractivity contribution < 1.29 is 22.7 Å². The summed E-state index contributed by atoms with van der Waals surface area (Å²) in [6.45, 7) is 1.48. The number of carbonyl (C=O) groups excluding carboxylic acids is 2. The van der Waals surface area contributed by atoms with Gasteiger partial charge in [-0.2, -0.15) is 5.26 Å². The first kappa shape index (κ1) is 21.1. The molecule has 28 heavy (non-hydrogen) atoms. The van der Waals surface area contributed by atoms with E-state index in [0.717, 1.165) is 11.8 Å². The van der Waals surface area contributed by atoms with Gasteiger partial charge in [0.25, 0.3) is 5.91 Å². The standard InChI is InChI=1S/C20H20N2O5S/c1-15-8-10-16(11-9-15)22(13-5-12-21)19(23)14-27-20(24)17-6-3-4-7-18(17)28(2,25)26/h3-4,6-11H,5,13-14H2,1-2H3. The van der Waals surface area contributed by atoms with E-state index in [4.69, 9.17) is 10.00 Å². The van der Waals surface area contributed by atoms with Gasteiger partial charge in [-0.3, -0.25) is 4.79 Å². The van der Waals surface area contributed by atoms with E-state index in [9.17, 15) is 18.0 Å². The van der Waals surface area contributed by atoms with Crippen LogP contribution in [0.1, 0.15) is 22.3 Å². The number of aryl methyl sites for hydroxylation is 1. The van der Waals surface area contributed by atoms with Crippen LogP contribution in [0.25, 0.3) is 0 Å². The zero-order chi connectivity index (χ0) is 20.7. The molecular formula is C20H20N2O5S. The van der Waals surface area contributed by atoms with E-state index in [0.29, 0.717) is 5.69 Å². The number of nitriles is 1. The molecule has 1 amide bonds. The van der Waals surface area contributed by atoms with Crippen LogP contribution < -0.4 is 4.90 Å². The molecule has 0 saturated heterocycles. The lowest BCUT2D eigenvalue weighted by Gasteiger charge is -2.22. The molecule has 2 aromatic carbocycles. The largest absolute Gasteiger partial charge is 0.452 e. The molecule has 0 aliphatic rings. The Morgan fingerprint density at radius 1 is 1.11 bits per heavy atom. The van der Waals surface area contributed by atoms with Crippen LogP contribution >= 0.6 is 0 Å². The molecule has 2 rings (SSSR count). The number of sulfone groups is 1. The molecule has 0 aromatic heterocycles. The van der Waals surface area contributed by atoms with Crippen molar-refractivity contribution in [2.24, 2.45) is 0 Å². The summed E-state index contributed by atoms with van der Waals surface area (Å²) in [7, 11) is -3.62. The lowest BCUT2D eigenvalue weighted by atomic mass is 10.2. The smallest absolute Gasteiger partial charge is 0.339 e. The Balaban J connectivity index is 2.15. The Morgan fingerprint density at radius 3 is 2.36 bits per heavy atom. The molecule has 0 bridgehead atoms. The second-order valence-corrected chi connectivity index (χ2v) is 8.12. The minimum Gasteiger partial charge on any atom is -0.452 e. The highest BCUT2D eigenvalue weighted by molar-refractivity contribution is 7.90. The van der Waals surface area contributed by atoms with E-state index >= 15 is 0 Å². The van der Waals surface area contributed by atoms with Crippen molar-refractivity contribution in [2.45, 2.75) is 18.2 Å². The summed E-state index contributed by atoms with van der Waals surface area (Å²) < 4.78 is 28.7.